The predicted octanol–water partition coefficient (Wildman–Crippen LogP) is 2.47. The Morgan fingerprint density at radius 1 is 1.13 bits per heavy atom. The minimum atomic E-state index is -3.71. The number of nitrogens with zero attached hydrogens (tertiary/aromatic N) is 3. The number of amides is 3. The monoisotopic (exact) mass is 429 g/mol. The molecule has 2 aromatic rings. The van der Waals surface area contributed by atoms with E-state index in [1.807, 2.05) is 30.3 Å². The molecule has 1 aliphatic heterocycles. The highest BCUT2D eigenvalue weighted by molar-refractivity contribution is 7.89. The molecule has 0 radical (unpaired) electrons. The number of hydrogen-bond acceptors (Lipinski definition) is 5. The van der Waals surface area contributed by atoms with E-state index in [9.17, 15) is 18.0 Å². The molecule has 0 spiro atoms. The van der Waals surface area contributed by atoms with Crippen LogP contribution in [0.4, 0.5) is 10.5 Å². The standard InChI is InChI=1S/C21H23N3O5S/c1-4-12-23-20(25)14-24(21(23)26)18-11-10-17(30(27,28)22(2)3)13-19(18)29-15-16-8-6-5-7-9-16/h4-11,13H,1,12,14-15H2,2-3H3. The lowest BCUT2D eigenvalue weighted by Crippen LogP contribution is -2.33. The number of carbonyl (C=O) groups excluding carboxylic acids is 2. The van der Waals surface area contributed by atoms with Crippen molar-refractivity contribution in [2.45, 2.75) is 11.5 Å². The fourth-order valence-corrected chi connectivity index (χ4v) is 3.90. The average Bonchev–Trinajstić information content (AvgIpc) is 3.01. The zero-order valence-corrected chi connectivity index (χ0v) is 17.6. The number of urea groups is 1. The Bertz CT molecular complexity index is 1070. The molecule has 0 aromatic heterocycles. The SMILES string of the molecule is C=CCN1C(=O)CN(c2ccc(S(=O)(=O)N(C)C)cc2OCc2ccccc2)C1=O. The summed E-state index contributed by atoms with van der Waals surface area (Å²) in [4.78, 5) is 27.3. The van der Waals surface area contributed by atoms with Crippen LogP contribution in [0.3, 0.4) is 0 Å². The van der Waals surface area contributed by atoms with Gasteiger partial charge in [-0.25, -0.2) is 17.5 Å². The normalized spacial score (nSPS) is 14.5. The molecule has 3 amide bonds. The molecule has 0 saturated carbocycles. The van der Waals surface area contributed by atoms with E-state index in [-0.39, 0.29) is 36.2 Å². The van der Waals surface area contributed by atoms with Crippen molar-refractivity contribution >= 4 is 27.6 Å². The lowest BCUT2D eigenvalue weighted by Gasteiger charge is -2.21. The van der Waals surface area contributed by atoms with Crippen LogP contribution in [-0.4, -0.2) is 56.7 Å². The van der Waals surface area contributed by atoms with Crippen molar-refractivity contribution in [2.75, 3.05) is 32.1 Å². The van der Waals surface area contributed by atoms with Gasteiger partial charge in [-0.05, 0) is 17.7 Å². The van der Waals surface area contributed by atoms with Gasteiger partial charge in [0.1, 0.15) is 18.9 Å². The summed E-state index contributed by atoms with van der Waals surface area (Å²) in [6.45, 7) is 3.68. The molecule has 1 heterocycles. The number of sulfonamides is 1. The maximum atomic E-state index is 12.7. The second kappa shape index (κ2) is 8.68. The fraction of sp³-hybridized carbons (Fsp3) is 0.238. The van der Waals surface area contributed by atoms with Crippen LogP contribution in [0.2, 0.25) is 0 Å². The van der Waals surface area contributed by atoms with Crippen molar-refractivity contribution in [3.05, 3.63) is 66.7 Å². The molecular weight excluding hydrogens is 406 g/mol. The molecule has 8 nitrogen and oxygen atoms in total. The number of hydrogen-bond donors (Lipinski definition) is 0. The van der Waals surface area contributed by atoms with E-state index < -0.39 is 16.1 Å². The molecule has 0 unspecified atom stereocenters. The van der Waals surface area contributed by atoms with E-state index in [1.54, 1.807) is 0 Å². The smallest absolute Gasteiger partial charge is 0.332 e. The van der Waals surface area contributed by atoms with Crippen LogP contribution in [-0.2, 0) is 21.4 Å². The molecular formula is C21H23N3O5S. The van der Waals surface area contributed by atoms with Crippen LogP contribution in [0.1, 0.15) is 5.56 Å². The van der Waals surface area contributed by atoms with Crippen LogP contribution in [0.5, 0.6) is 5.75 Å². The molecule has 0 N–H and O–H groups in total. The van der Waals surface area contributed by atoms with E-state index >= 15 is 0 Å². The molecule has 1 aliphatic rings. The first-order valence-corrected chi connectivity index (χ1v) is 10.7. The van der Waals surface area contributed by atoms with E-state index in [1.165, 1.54) is 43.3 Å². The van der Waals surface area contributed by atoms with Crippen LogP contribution < -0.4 is 9.64 Å². The zero-order chi connectivity index (χ0) is 21.9. The second-order valence-corrected chi connectivity index (χ2v) is 9.00. The summed E-state index contributed by atoms with van der Waals surface area (Å²) >= 11 is 0. The Kier molecular flexibility index (Phi) is 6.23. The van der Waals surface area contributed by atoms with Crippen LogP contribution in [0, 0.1) is 0 Å². The van der Waals surface area contributed by atoms with Crippen molar-refractivity contribution in [3.63, 3.8) is 0 Å². The summed E-state index contributed by atoms with van der Waals surface area (Å²) in [6.07, 6.45) is 1.47. The first-order chi connectivity index (χ1) is 14.3. The van der Waals surface area contributed by atoms with Gasteiger partial charge in [-0.3, -0.25) is 14.6 Å². The summed E-state index contributed by atoms with van der Waals surface area (Å²) in [7, 11) is -0.839. The molecule has 1 fully saturated rings. The lowest BCUT2D eigenvalue weighted by molar-refractivity contribution is -0.124. The predicted molar refractivity (Wildman–Crippen MR) is 113 cm³/mol. The molecule has 0 atom stereocenters. The number of benzene rings is 2. The largest absolute Gasteiger partial charge is 0.487 e. The molecule has 30 heavy (non-hydrogen) atoms. The van der Waals surface area contributed by atoms with Crippen LogP contribution in [0.15, 0.2) is 66.1 Å². The third kappa shape index (κ3) is 4.22. The van der Waals surface area contributed by atoms with Crippen molar-refractivity contribution in [1.82, 2.24) is 9.21 Å². The number of carbonyl (C=O) groups is 2. The summed E-state index contributed by atoms with van der Waals surface area (Å²) in [5.41, 5.74) is 1.20. The van der Waals surface area contributed by atoms with E-state index in [2.05, 4.69) is 6.58 Å². The second-order valence-electron chi connectivity index (χ2n) is 6.85. The van der Waals surface area contributed by atoms with Gasteiger partial charge in [-0.15, -0.1) is 6.58 Å². The number of imide groups is 1. The van der Waals surface area contributed by atoms with Gasteiger partial charge >= 0.3 is 6.03 Å². The Hall–Kier alpha value is -3.17. The Morgan fingerprint density at radius 2 is 1.83 bits per heavy atom. The Morgan fingerprint density at radius 3 is 2.47 bits per heavy atom. The van der Waals surface area contributed by atoms with E-state index in [0.29, 0.717) is 5.69 Å². The van der Waals surface area contributed by atoms with Crippen LogP contribution in [0.25, 0.3) is 0 Å². The van der Waals surface area contributed by atoms with Crippen molar-refractivity contribution in [2.24, 2.45) is 0 Å². The van der Waals surface area contributed by atoms with Gasteiger partial charge in [0, 0.05) is 26.7 Å². The van der Waals surface area contributed by atoms with Gasteiger partial charge < -0.3 is 4.74 Å². The minimum Gasteiger partial charge on any atom is -0.487 e. The fourth-order valence-electron chi connectivity index (χ4n) is 2.98. The molecule has 1 saturated heterocycles. The van der Waals surface area contributed by atoms with Crippen molar-refractivity contribution in [3.8, 4) is 5.75 Å². The maximum absolute atomic E-state index is 12.7. The van der Waals surface area contributed by atoms with Gasteiger partial charge in [0.05, 0.1) is 10.6 Å². The highest BCUT2D eigenvalue weighted by Gasteiger charge is 2.37. The lowest BCUT2D eigenvalue weighted by atomic mass is 10.2. The van der Waals surface area contributed by atoms with Gasteiger partial charge in [0.2, 0.25) is 10.0 Å². The Labute approximate surface area is 176 Å². The molecule has 2 aromatic carbocycles. The van der Waals surface area contributed by atoms with E-state index in [0.717, 1.165) is 14.8 Å². The third-order valence-corrected chi connectivity index (χ3v) is 6.42. The minimum absolute atomic E-state index is 0.0280. The highest BCUT2D eigenvalue weighted by Crippen LogP contribution is 2.34. The quantitative estimate of drug-likeness (QED) is 0.475. The van der Waals surface area contributed by atoms with Crippen molar-refractivity contribution in [1.29, 1.82) is 0 Å². The zero-order valence-electron chi connectivity index (χ0n) is 16.8. The first-order valence-electron chi connectivity index (χ1n) is 9.21. The third-order valence-electron chi connectivity index (χ3n) is 4.61. The van der Waals surface area contributed by atoms with Crippen molar-refractivity contribution < 1.29 is 22.7 Å². The molecule has 0 aliphatic carbocycles. The Balaban J connectivity index is 2.00. The molecule has 3 rings (SSSR count). The molecule has 0 bridgehead atoms. The summed E-state index contributed by atoms with van der Waals surface area (Å²) in [5.74, 6) is -0.165. The number of anilines is 1. The van der Waals surface area contributed by atoms with Gasteiger partial charge in [0.15, 0.2) is 0 Å². The van der Waals surface area contributed by atoms with Gasteiger partial charge in [-0.2, -0.15) is 0 Å². The maximum Gasteiger partial charge on any atom is 0.332 e. The number of ether oxygens (including phenoxy) is 1. The molecule has 9 heteroatoms. The molecule has 158 valence electrons. The topological polar surface area (TPSA) is 87.2 Å². The average molecular weight is 429 g/mol. The first kappa shape index (κ1) is 21.5. The highest BCUT2D eigenvalue weighted by atomic mass is 32.2. The van der Waals surface area contributed by atoms with Crippen LogP contribution >= 0.6 is 0 Å². The van der Waals surface area contributed by atoms with Gasteiger partial charge in [0.25, 0.3) is 5.91 Å². The summed E-state index contributed by atoms with van der Waals surface area (Å²) in [6, 6.07) is 13.1. The van der Waals surface area contributed by atoms with Gasteiger partial charge in [-0.1, -0.05) is 36.4 Å². The van der Waals surface area contributed by atoms with E-state index in [4.69, 9.17) is 4.74 Å². The summed E-state index contributed by atoms with van der Waals surface area (Å²) in [5, 5.41) is 0. The summed E-state index contributed by atoms with van der Waals surface area (Å²) < 4.78 is 32.1. The number of rotatable bonds is 8.